The highest BCUT2D eigenvalue weighted by molar-refractivity contribution is 6.00. The maximum absolute atomic E-state index is 13.3. The predicted molar refractivity (Wildman–Crippen MR) is 96.0 cm³/mol. The van der Waals surface area contributed by atoms with Crippen LogP contribution in [-0.4, -0.2) is 59.1 Å². The number of nitrogens with zero attached hydrogens (tertiary/aromatic N) is 1. The zero-order valence-electron chi connectivity index (χ0n) is 15.4. The Balaban J connectivity index is 1.81. The number of amides is 2. The number of rotatable bonds is 5. The molecule has 1 saturated carbocycles. The smallest absolute Gasteiger partial charge is 0.248 e. The van der Waals surface area contributed by atoms with Crippen molar-refractivity contribution >= 4 is 11.8 Å². The van der Waals surface area contributed by atoms with Crippen LogP contribution in [0.4, 0.5) is 0 Å². The van der Waals surface area contributed by atoms with E-state index in [4.69, 9.17) is 0 Å². The van der Waals surface area contributed by atoms with E-state index in [1.54, 1.807) is 0 Å². The van der Waals surface area contributed by atoms with Gasteiger partial charge in [-0.2, -0.15) is 0 Å². The van der Waals surface area contributed by atoms with Gasteiger partial charge in [-0.3, -0.25) is 9.59 Å². The minimum absolute atomic E-state index is 0.0652. The molecule has 1 aliphatic carbocycles. The van der Waals surface area contributed by atoms with Gasteiger partial charge < -0.3 is 20.6 Å². The van der Waals surface area contributed by atoms with Gasteiger partial charge >= 0.3 is 0 Å². The summed E-state index contributed by atoms with van der Waals surface area (Å²) in [6.07, 6.45) is 7.72. The van der Waals surface area contributed by atoms with Crippen LogP contribution in [0.5, 0.6) is 0 Å². The zero-order chi connectivity index (χ0) is 17.9. The average Bonchev–Trinajstić information content (AvgIpc) is 2.66. The van der Waals surface area contributed by atoms with Gasteiger partial charge in [-0.15, -0.1) is 0 Å². The molecule has 2 heterocycles. The van der Waals surface area contributed by atoms with Crippen LogP contribution in [0.15, 0.2) is 0 Å². The van der Waals surface area contributed by atoms with E-state index < -0.39 is 17.7 Å². The maximum atomic E-state index is 13.3. The van der Waals surface area contributed by atoms with Gasteiger partial charge in [0.25, 0.3) is 0 Å². The first kappa shape index (κ1) is 18.6. The number of nitrogens with one attached hydrogen (secondary N) is 2. The highest BCUT2D eigenvalue weighted by Gasteiger charge is 2.54. The molecule has 6 heteroatoms. The second-order valence-electron chi connectivity index (χ2n) is 7.96. The van der Waals surface area contributed by atoms with Gasteiger partial charge in [0.1, 0.15) is 11.6 Å². The molecule has 3 aliphatic rings. The van der Waals surface area contributed by atoms with Crippen LogP contribution in [0.2, 0.25) is 0 Å². The van der Waals surface area contributed by atoms with Gasteiger partial charge in [-0.05, 0) is 51.1 Å². The number of piperidine rings is 1. The lowest BCUT2D eigenvalue weighted by molar-refractivity contribution is -0.164. The molecule has 3 fully saturated rings. The molecule has 2 atom stereocenters. The number of aliphatic hydroxyl groups excluding tert-OH is 1. The summed E-state index contributed by atoms with van der Waals surface area (Å²) in [6.45, 7) is 4.20. The van der Waals surface area contributed by atoms with Crippen LogP contribution in [0.1, 0.15) is 64.7 Å². The molecule has 0 bridgehead atoms. The first-order valence-electron chi connectivity index (χ1n) is 10.1. The second-order valence-corrected chi connectivity index (χ2v) is 7.96. The molecule has 1 spiro atoms. The summed E-state index contributed by atoms with van der Waals surface area (Å²) >= 11 is 0. The predicted octanol–water partition coefficient (Wildman–Crippen LogP) is 1.18. The standard InChI is InChI=1S/C19H33N3O3/c1-2-3-13-22-17(24)15(16(23)14-7-5-4-6-8-14)21-18(25)19(22)9-11-20-12-10-19/h14-16,20,23H,2-13H2,1H3,(H,21,25)/t15-,16+/m1/s1. The molecular formula is C19H33N3O3. The molecule has 0 aromatic heterocycles. The molecule has 142 valence electrons. The van der Waals surface area contributed by atoms with Crippen molar-refractivity contribution in [1.82, 2.24) is 15.5 Å². The molecule has 0 aromatic rings. The fourth-order valence-electron chi connectivity index (χ4n) is 4.80. The summed E-state index contributed by atoms with van der Waals surface area (Å²) in [5, 5.41) is 17.1. The summed E-state index contributed by atoms with van der Waals surface area (Å²) in [7, 11) is 0. The molecule has 2 saturated heterocycles. The fraction of sp³-hybridized carbons (Fsp3) is 0.895. The lowest BCUT2D eigenvalue weighted by Gasteiger charge is -2.51. The lowest BCUT2D eigenvalue weighted by Crippen LogP contribution is -2.75. The normalized spacial score (nSPS) is 28.9. The highest BCUT2D eigenvalue weighted by Crippen LogP contribution is 2.34. The van der Waals surface area contributed by atoms with Gasteiger partial charge in [-0.1, -0.05) is 32.6 Å². The molecule has 0 radical (unpaired) electrons. The molecule has 25 heavy (non-hydrogen) atoms. The van der Waals surface area contributed by atoms with Crippen LogP contribution >= 0.6 is 0 Å². The SMILES string of the molecule is CCCCN1C(=O)[C@@H]([C@@H](O)C2CCCCC2)NC(=O)C12CCNCC2. The Labute approximate surface area is 150 Å². The van der Waals surface area contributed by atoms with Gasteiger partial charge in [-0.25, -0.2) is 0 Å². The third-order valence-electron chi connectivity index (χ3n) is 6.40. The van der Waals surface area contributed by atoms with Gasteiger partial charge in [0.15, 0.2) is 0 Å². The third-order valence-corrected chi connectivity index (χ3v) is 6.40. The number of carbonyl (C=O) groups is 2. The topological polar surface area (TPSA) is 81.7 Å². The highest BCUT2D eigenvalue weighted by atomic mass is 16.3. The number of carbonyl (C=O) groups excluding carboxylic acids is 2. The largest absolute Gasteiger partial charge is 0.390 e. The summed E-state index contributed by atoms with van der Waals surface area (Å²) in [5.41, 5.74) is -0.722. The Morgan fingerprint density at radius 1 is 1.20 bits per heavy atom. The first-order valence-corrected chi connectivity index (χ1v) is 10.1. The van der Waals surface area contributed by atoms with Crippen molar-refractivity contribution in [2.24, 2.45) is 5.92 Å². The Kier molecular flexibility index (Phi) is 6.00. The van der Waals surface area contributed by atoms with Crippen molar-refractivity contribution in [3.05, 3.63) is 0 Å². The average molecular weight is 351 g/mol. The molecule has 0 aromatic carbocycles. The van der Waals surface area contributed by atoms with E-state index in [0.717, 1.165) is 51.6 Å². The summed E-state index contributed by atoms with van der Waals surface area (Å²) in [4.78, 5) is 28.1. The first-order chi connectivity index (χ1) is 12.1. The Bertz CT molecular complexity index is 484. The molecule has 3 rings (SSSR count). The van der Waals surface area contributed by atoms with Crippen LogP contribution in [-0.2, 0) is 9.59 Å². The third kappa shape index (κ3) is 3.56. The second kappa shape index (κ2) is 8.04. The van der Waals surface area contributed by atoms with Crippen molar-refractivity contribution in [1.29, 1.82) is 0 Å². The number of aliphatic hydroxyl groups is 1. The van der Waals surface area contributed by atoms with Crippen LogP contribution in [0.3, 0.4) is 0 Å². The van der Waals surface area contributed by atoms with E-state index in [1.807, 2.05) is 4.90 Å². The molecule has 0 unspecified atom stereocenters. The van der Waals surface area contributed by atoms with Crippen molar-refractivity contribution in [3.8, 4) is 0 Å². The minimum Gasteiger partial charge on any atom is -0.390 e. The number of hydrogen-bond acceptors (Lipinski definition) is 4. The van der Waals surface area contributed by atoms with Crippen molar-refractivity contribution < 1.29 is 14.7 Å². The molecular weight excluding hydrogens is 318 g/mol. The Hall–Kier alpha value is -1.14. The summed E-state index contributed by atoms with van der Waals surface area (Å²) in [5.74, 6) is -0.0179. The fourth-order valence-corrected chi connectivity index (χ4v) is 4.80. The van der Waals surface area contributed by atoms with Gasteiger partial charge in [0.05, 0.1) is 6.10 Å². The van der Waals surface area contributed by atoms with E-state index in [1.165, 1.54) is 6.42 Å². The van der Waals surface area contributed by atoms with E-state index in [9.17, 15) is 14.7 Å². The van der Waals surface area contributed by atoms with E-state index in [0.29, 0.717) is 19.4 Å². The summed E-state index contributed by atoms with van der Waals surface area (Å²) < 4.78 is 0. The quantitative estimate of drug-likeness (QED) is 0.695. The van der Waals surface area contributed by atoms with E-state index in [2.05, 4.69) is 17.6 Å². The van der Waals surface area contributed by atoms with Crippen molar-refractivity contribution in [3.63, 3.8) is 0 Å². The van der Waals surface area contributed by atoms with Crippen molar-refractivity contribution in [2.45, 2.75) is 82.4 Å². The Morgan fingerprint density at radius 2 is 1.88 bits per heavy atom. The van der Waals surface area contributed by atoms with Gasteiger partial charge in [0, 0.05) is 6.54 Å². The Morgan fingerprint density at radius 3 is 2.52 bits per heavy atom. The van der Waals surface area contributed by atoms with E-state index >= 15 is 0 Å². The van der Waals surface area contributed by atoms with Crippen LogP contribution < -0.4 is 10.6 Å². The minimum atomic E-state index is -0.770. The zero-order valence-corrected chi connectivity index (χ0v) is 15.4. The lowest BCUT2D eigenvalue weighted by atomic mass is 9.78. The van der Waals surface area contributed by atoms with Crippen molar-refractivity contribution in [2.75, 3.05) is 19.6 Å². The number of hydrogen-bond donors (Lipinski definition) is 3. The molecule has 6 nitrogen and oxygen atoms in total. The number of unbranched alkanes of at least 4 members (excludes halogenated alkanes) is 1. The van der Waals surface area contributed by atoms with Crippen LogP contribution in [0.25, 0.3) is 0 Å². The molecule has 2 aliphatic heterocycles. The maximum Gasteiger partial charge on any atom is 0.248 e. The van der Waals surface area contributed by atoms with Crippen LogP contribution in [0, 0.1) is 5.92 Å². The monoisotopic (exact) mass is 351 g/mol. The summed E-state index contributed by atoms with van der Waals surface area (Å²) in [6, 6.07) is -0.770. The molecule has 2 amide bonds. The number of piperazine rings is 1. The molecule has 3 N–H and O–H groups in total. The van der Waals surface area contributed by atoms with Gasteiger partial charge in [0.2, 0.25) is 11.8 Å². The van der Waals surface area contributed by atoms with E-state index in [-0.39, 0.29) is 17.7 Å².